The molecule has 0 aliphatic carbocycles. The minimum atomic E-state index is -1.29. The van der Waals surface area contributed by atoms with Crippen molar-refractivity contribution >= 4 is 11.9 Å². The Kier molecular flexibility index (Phi) is 2.56. The lowest BCUT2D eigenvalue weighted by Crippen LogP contribution is -2.54. The molecule has 0 aromatic carbocycles. The topological polar surface area (TPSA) is 78.4 Å². The number of carbonyl (C=O) groups excluding carboxylic acids is 1. The first-order chi connectivity index (χ1) is 5.99. The summed E-state index contributed by atoms with van der Waals surface area (Å²) in [6, 6.07) is -0.369. The van der Waals surface area contributed by atoms with Gasteiger partial charge in [-0.05, 0) is 13.3 Å². The van der Waals surface area contributed by atoms with Crippen molar-refractivity contribution in [2.24, 2.45) is 0 Å². The molecule has 0 bridgehead atoms. The highest BCUT2D eigenvalue weighted by atomic mass is 16.4. The maximum atomic E-state index is 11.2. The average molecular weight is 186 g/mol. The van der Waals surface area contributed by atoms with Gasteiger partial charge in [-0.2, -0.15) is 0 Å². The maximum Gasteiger partial charge on any atom is 0.344 e. The van der Waals surface area contributed by atoms with Gasteiger partial charge in [0.25, 0.3) is 0 Å². The molecule has 0 spiro atoms. The molecule has 0 radical (unpaired) electrons. The number of carbonyl (C=O) groups is 2. The van der Waals surface area contributed by atoms with E-state index in [1.54, 1.807) is 0 Å². The number of amides is 1. The van der Waals surface area contributed by atoms with Gasteiger partial charge in [0.05, 0.1) is 6.04 Å². The second kappa shape index (κ2) is 3.33. The first kappa shape index (κ1) is 9.98. The first-order valence-corrected chi connectivity index (χ1v) is 4.32. The van der Waals surface area contributed by atoms with E-state index >= 15 is 0 Å². The molecule has 1 aliphatic heterocycles. The zero-order valence-corrected chi connectivity index (χ0v) is 7.76. The van der Waals surface area contributed by atoms with Crippen molar-refractivity contribution in [3.8, 4) is 0 Å². The van der Waals surface area contributed by atoms with Gasteiger partial charge in [0.2, 0.25) is 5.91 Å². The number of hydrogen-bond donors (Lipinski definition) is 3. The van der Waals surface area contributed by atoms with E-state index in [0.717, 1.165) is 6.42 Å². The molecule has 2 unspecified atom stereocenters. The highest BCUT2D eigenvalue weighted by molar-refractivity contribution is 5.93. The maximum absolute atomic E-state index is 11.2. The van der Waals surface area contributed by atoms with E-state index in [4.69, 9.17) is 5.11 Å². The zero-order chi connectivity index (χ0) is 10.1. The molecule has 3 N–H and O–H groups in total. The second-order valence-electron chi connectivity index (χ2n) is 3.41. The van der Waals surface area contributed by atoms with Crippen LogP contribution in [-0.4, -0.2) is 28.7 Å². The third kappa shape index (κ3) is 1.80. The zero-order valence-electron chi connectivity index (χ0n) is 7.76. The van der Waals surface area contributed by atoms with Crippen LogP contribution in [0.1, 0.15) is 26.7 Å². The molecule has 5 nitrogen and oxygen atoms in total. The standard InChI is InChI=1S/C8H14N2O3/c1-3-4-5-6(11)10-8(2,9-5)7(12)13/h5,9H,3-4H2,1-2H3,(H,10,11)(H,12,13). The van der Waals surface area contributed by atoms with E-state index in [9.17, 15) is 9.59 Å². The molecule has 13 heavy (non-hydrogen) atoms. The predicted molar refractivity (Wildman–Crippen MR) is 46.0 cm³/mol. The monoisotopic (exact) mass is 186 g/mol. The molecule has 1 aliphatic rings. The van der Waals surface area contributed by atoms with Gasteiger partial charge in [0, 0.05) is 0 Å². The normalized spacial score (nSPS) is 33.1. The Morgan fingerprint density at radius 1 is 1.69 bits per heavy atom. The van der Waals surface area contributed by atoms with E-state index in [2.05, 4.69) is 10.6 Å². The second-order valence-corrected chi connectivity index (χ2v) is 3.41. The number of carboxylic acids is 1. The van der Waals surface area contributed by atoms with Crippen LogP contribution < -0.4 is 10.6 Å². The molecular formula is C8H14N2O3. The molecule has 0 saturated carbocycles. The van der Waals surface area contributed by atoms with E-state index < -0.39 is 11.6 Å². The molecule has 1 heterocycles. The molecular weight excluding hydrogens is 172 g/mol. The number of aliphatic carboxylic acids is 1. The molecule has 1 rings (SSSR count). The highest BCUT2D eigenvalue weighted by Gasteiger charge is 2.44. The summed E-state index contributed by atoms with van der Waals surface area (Å²) in [5, 5.41) is 14.0. The lowest BCUT2D eigenvalue weighted by Gasteiger charge is -2.18. The summed E-state index contributed by atoms with van der Waals surface area (Å²) in [5.41, 5.74) is -1.29. The van der Waals surface area contributed by atoms with Crippen LogP contribution in [0.25, 0.3) is 0 Å². The average Bonchev–Trinajstić information content (AvgIpc) is 2.29. The number of rotatable bonds is 3. The first-order valence-electron chi connectivity index (χ1n) is 4.32. The molecule has 5 heteroatoms. The Morgan fingerprint density at radius 2 is 2.31 bits per heavy atom. The fraction of sp³-hybridized carbons (Fsp3) is 0.750. The lowest BCUT2D eigenvalue weighted by molar-refractivity contribution is -0.145. The summed E-state index contributed by atoms with van der Waals surface area (Å²) in [6.45, 7) is 3.40. The quantitative estimate of drug-likeness (QED) is 0.564. The summed E-state index contributed by atoms with van der Waals surface area (Å²) in [4.78, 5) is 22.0. The molecule has 2 atom stereocenters. The third-order valence-electron chi connectivity index (χ3n) is 2.16. The number of carboxylic acid groups (broad SMARTS) is 1. The molecule has 0 aromatic heterocycles. The van der Waals surface area contributed by atoms with Crippen molar-refractivity contribution in [3.63, 3.8) is 0 Å². The summed E-state index contributed by atoms with van der Waals surface area (Å²) in [5.74, 6) is -1.29. The fourth-order valence-electron chi connectivity index (χ4n) is 1.39. The van der Waals surface area contributed by atoms with Crippen LogP contribution in [0.5, 0.6) is 0 Å². The van der Waals surface area contributed by atoms with E-state index in [1.165, 1.54) is 6.92 Å². The highest BCUT2D eigenvalue weighted by Crippen LogP contribution is 2.12. The fourth-order valence-corrected chi connectivity index (χ4v) is 1.39. The van der Waals surface area contributed by atoms with Crippen LogP contribution in [0.15, 0.2) is 0 Å². The Labute approximate surface area is 76.5 Å². The van der Waals surface area contributed by atoms with Crippen molar-refractivity contribution in [3.05, 3.63) is 0 Å². The van der Waals surface area contributed by atoms with Crippen molar-refractivity contribution in [1.82, 2.24) is 10.6 Å². The SMILES string of the molecule is CCCC1NC(C)(C(=O)O)NC1=O. The summed E-state index contributed by atoms with van der Waals surface area (Å²) >= 11 is 0. The van der Waals surface area contributed by atoms with Crippen LogP contribution >= 0.6 is 0 Å². The minimum absolute atomic E-state index is 0.230. The van der Waals surface area contributed by atoms with Gasteiger partial charge in [0.1, 0.15) is 0 Å². The summed E-state index contributed by atoms with van der Waals surface area (Å²) in [6.07, 6.45) is 1.51. The number of hydrogen-bond acceptors (Lipinski definition) is 3. The van der Waals surface area contributed by atoms with Crippen LogP contribution in [0.2, 0.25) is 0 Å². The number of nitrogens with one attached hydrogen (secondary N) is 2. The van der Waals surface area contributed by atoms with Crippen LogP contribution in [-0.2, 0) is 9.59 Å². The van der Waals surface area contributed by atoms with E-state index in [0.29, 0.717) is 6.42 Å². The molecule has 1 amide bonds. The van der Waals surface area contributed by atoms with Crippen LogP contribution in [0, 0.1) is 0 Å². The van der Waals surface area contributed by atoms with Gasteiger partial charge in [-0.1, -0.05) is 13.3 Å². The van der Waals surface area contributed by atoms with E-state index in [-0.39, 0.29) is 11.9 Å². The Morgan fingerprint density at radius 3 is 2.69 bits per heavy atom. The molecule has 74 valence electrons. The van der Waals surface area contributed by atoms with Crippen LogP contribution in [0.3, 0.4) is 0 Å². The van der Waals surface area contributed by atoms with Gasteiger partial charge in [-0.25, -0.2) is 4.79 Å². The van der Waals surface area contributed by atoms with Crippen LogP contribution in [0.4, 0.5) is 0 Å². The van der Waals surface area contributed by atoms with Gasteiger partial charge in [0.15, 0.2) is 5.66 Å². The predicted octanol–water partition coefficient (Wildman–Crippen LogP) is -0.325. The van der Waals surface area contributed by atoms with Gasteiger partial charge in [-0.3, -0.25) is 10.1 Å². The molecule has 1 saturated heterocycles. The Bertz CT molecular complexity index is 242. The summed E-state index contributed by atoms with van der Waals surface area (Å²) < 4.78 is 0. The van der Waals surface area contributed by atoms with Crippen molar-refractivity contribution < 1.29 is 14.7 Å². The minimum Gasteiger partial charge on any atom is -0.478 e. The smallest absolute Gasteiger partial charge is 0.344 e. The molecule has 1 fully saturated rings. The largest absolute Gasteiger partial charge is 0.478 e. The Hall–Kier alpha value is -1.10. The van der Waals surface area contributed by atoms with Gasteiger partial charge >= 0.3 is 5.97 Å². The third-order valence-corrected chi connectivity index (χ3v) is 2.16. The van der Waals surface area contributed by atoms with E-state index in [1.807, 2.05) is 6.92 Å². The Balaban J connectivity index is 2.69. The molecule has 0 aromatic rings. The van der Waals surface area contributed by atoms with Gasteiger partial charge < -0.3 is 10.4 Å². The lowest BCUT2D eigenvalue weighted by atomic mass is 10.1. The van der Waals surface area contributed by atoms with Gasteiger partial charge in [-0.15, -0.1) is 0 Å². The van der Waals surface area contributed by atoms with Crippen molar-refractivity contribution in [2.75, 3.05) is 0 Å². The van der Waals surface area contributed by atoms with Crippen molar-refractivity contribution in [2.45, 2.75) is 38.4 Å². The van der Waals surface area contributed by atoms with Crippen molar-refractivity contribution in [1.29, 1.82) is 0 Å². The summed E-state index contributed by atoms with van der Waals surface area (Å²) in [7, 11) is 0.